The van der Waals surface area contributed by atoms with Crippen molar-refractivity contribution in [3.8, 4) is 0 Å². The Labute approximate surface area is 225 Å². The van der Waals surface area contributed by atoms with Crippen LogP contribution in [0.5, 0.6) is 0 Å². The Balaban J connectivity index is 1.47. The second kappa shape index (κ2) is 9.77. The minimum absolute atomic E-state index is 0.0223. The monoisotopic (exact) mass is 558 g/mol. The Hall–Kier alpha value is -3.32. The van der Waals surface area contributed by atoms with Crippen molar-refractivity contribution in [2.45, 2.75) is 24.5 Å². The number of H-pyrrole nitrogens is 1. The Morgan fingerprint density at radius 3 is 2.95 bits per heavy atom. The number of halogens is 2. The van der Waals surface area contributed by atoms with Gasteiger partial charge in [0.1, 0.15) is 11.9 Å². The second-order valence-electron chi connectivity index (χ2n) is 9.34. The Bertz CT molecular complexity index is 1530. The lowest BCUT2D eigenvalue weighted by molar-refractivity contribution is -0.136. The molecule has 2 aromatic heterocycles. The van der Waals surface area contributed by atoms with Crippen molar-refractivity contribution in [1.82, 2.24) is 25.0 Å². The molecule has 3 aliphatic rings. The van der Waals surface area contributed by atoms with Crippen LogP contribution in [-0.4, -0.2) is 64.4 Å². The highest BCUT2D eigenvalue weighted by Crippen LogP contribution is 2.39. The van der Waals surface area contributed by atoms with E-state index >= 15 is 0 Å². The zero-order chi connectivity index (χ0) is 26.6. The summed E-state index contributed by atoms with van der Waals surface area (Å²) in [4.78, 5) is 37.4. The average Bonchev–Trinajstić information content (AvgIpc) is 3.51. The summed E-state index contributed by atoms with van der Waals surface area (Å²) < 4.78 is 26.7. The molecule has 0 amide bonds. The number of methoxy groups -OCH3 is 1. The second-order valence-corrected chi connectivity index (χ2v) is 10.6. The number of rotatable bonds is 5. The van der Waals surface area contributed by atoms with Gasteiger partial charge in [0, 0.05) is 59.6 Å². The zero-order valence-corrected chi connectivity index (χ0v) is 22.1. The van der Waals surface area contributed by atoms with Gasteiger partial charge in [0.05, 0.1) is 37.5 Å². The van der Waals surface area contributed by atoms with Gasteiger partial charge in [0.25, 0.3) is 5.56 Å². The Morgan fingerprint density at radius 1 is 1.37 bits per heavy atom. The number of nitrogens with zero attached hydrogens (tertiary/aromatic N) is 4. The molecule has 1 fully saturated rings. The predicted molar refractivity (Wildman–Crippen MR) is 139 cm³/mol. The molecule has 2 bridgehead atoms. The maximum absolute atomic E-state index is 13.9. The Kier molecular flexibility index (Phi) is 6.42. The van der Waals surface area contributed by atoms with Gasteiger partial charge in [-0.15, -0.1) is 11.3 Å². The third-order valence-corrected chi connectivity index (χ3v) is 8.32. The lowest BCUT2D eigenvalue weighted by atomic mass is 9.90. The van der Waals surface area contributed by atoms with Gasteiger partial charge in [0.2, 0.25) is 0 Å². The number of amidine groups is 1. The highest BCUT2D eigenvalue weighted by molar-refractivity contribution is 7.11. The van der Waals surface area contributed by atoms with E-state index in [1.165, 1.54) is 36.6 Å². The molecule has 0 saturated carbocycles. The molecule has 1 saturated heterocycles. The van der Waals surface area contributed by atoms with Crippen LogP contribution in [0.1, 0.15) is 33.9 Å². The van der Waals surface area contributed by atoms with Crippen LogP contribution >= 0.6 is 22.9 Å². The lowest BCUT2D eigenvalue weighted by Gasteiger charge is -2.46. The van der Waals surface area contributed by atoms with Crippen LogP contribution in [0, 0.1) is 5.82 Å². The summed E-state index contributed by atoms with van der Waals surface area (Å²) in [5.41, 5.74) is 2.76. The number of carbonyl (C=O) groups excluding carboxylic acids is 1. The minimum atomic E-state index is -0.859. The molecule has 0 spiro atoms. The third-order valence-electron chi connectivity index (χ3n) is 7.21. The third kappa shape index (κ3) is 4.17. The summed E-state index contributed by atoms with van der Waals surface area (Å²) in [5, 5.41) is 8.77. The number of benzene rings is 1. The minimum Gasteiger partial charge on any atom is -0.466 e. The molecule has 0 radical (unpaired) electrons. The van der Waals surface area contributed by atoms with Gasteiger partial charge < -0.3 is 14.8 Å². The van der Waals surface area contributed by atoms with Gasteiger partial charge in [-0.2, -0.15) is 0 Å². The van der Waals surface area contributed by atoms with Gasteiger partial charge in [-0.1, -0.05) is 17.7 Å². The molecule has 38 heavy (non-hydrogen) atoms. The van der Waals surface area contributed by atoms with Crippen molar-refractivity contribution < 1.29 is 18.7 Å². The number of aryl methyl sites for hydroxylation is 1. The van der Waals surface area contributed by atoms with E-state index in [1.54, 1.807) is 10.9 Å². The van der Waals surface area contributed by atoms with Gasteiger partial charge >= 0.3 is 5.97 Å². The SMILES string of the molecule is COC(=O)C1=C(CN2C3COCC2c2c(n(C)[nH]c2=O)C3)NC(c2nccs2)=N[C@H]1c1ccc(F)cc1Cl. The summed E-state index contributed by atoms with van der Waals surface area (Å²) in [7, 11) is 3.14. The van der Waals surface area contributed by atoms with E-state index in [0.29, 0.717) is 47.3 Å². The molecule has 3 aliphatic heterocycles. The van der Waals surface area contributed by atoms with Crippen LogP contribution in [0.4, 0.5) is 4.39 Å². The molecular formula is C25H24ClFN6O4S. The number of carbonyl (C=O) groups is 1. The van der Waals surface area contributed by atoms with Gasteiger partial charge in [-0.05, 0) is 12.1 Å². The van der Waals surface area contributed by atoms with E-state index in [0.717, 1.165) is 5.69 Å². The predicted octanol–water partition coefficient (Wildman–Crippen LogP) is 2.48. The first-order valence-electron chi connectivity index (χ1n) is 12.0. The van der Waals surface area contributed by atoms with Crippen LogP contribution in [-0.2, 0) is 27.7 Å². The molecule has 2 N–H and O–H groups in total. The summed E-state index contributed by atoms with van der Waals surface area (Å²) >= 11 is 7.85. The number of ether oxygens (including phenoxy) is 2. The van der Waals surface area contributed by atoms with Gasteiger partial charge in [-0.25, -0.2) is 14.2 Å². The first kappa shape index (κ1) is 25.0. The van der Waals surface area contributed by atoms with Crippen LogP contribution in [0.25, 0.3) is 0 Å². The van der Waals surface area contributed by atoms with Gasteiger partial charge in [-0.3, -0.25) is 24.5 Å². The molecule has 5 heterocycles. The summed E-state index contributed by atoms with van der Waals surface area (Å²) in [5.74, 6) is -0.619. The van der Waals surface area contributed by atoms with Crippen molar-refractivity contribution >= 4 is 34.7 Å². The quantitative estimate of drug-likeness (QED) is 0.462. The largest absolute Gasteiger partial charge is 0.466 e. The smallest absolute Gasteiger partial charge is 0.338 e. The van der Waals surface area contributed by atoms with E-state index in [1.807, 2.05) is 12.4 Å². The van der Waals surface area contributed by atoms with E-state index < -0.39 is 17.8 Å². The number of aliphatic imine (C=N–C) groups is 1. The number of nitrogens with one attached hydrogen (secondary N) is 2. The van der Waals surface area contributed by atoms with Crippen molar-refractivity contribution in [3.63, 3.8) is 0 Å². The Morgan fingerprint density at radius 2 is 2.21 bits per heavy atom. The van der Waals surface area contributed by atoms with Crippen LogP contribution in [0.2, 0.25) is 5.02 Å². The number of morpholine rings is 1. The number of hydrogen-bond donors (Lipinski definition) is 2. The highest BCUT2D eigenvalue weighted by atomic mass is 35.5. The fourth-order valence-electron chi connectivity index (χ4n) is 5.48. The molecule has 198 valence electrons. The number of aromatic nitrogens is 3. The topological polar surface area (TPSA) is 114 Å². The number of fused-ring (bicyclic) bond motifs is 4. The van der Waals surface area contributed by atoms with Crippen molar-refractivity contribution in [3.05, 3.63) is 84.1 Å². The molecule has 3 aromatic rings. The molecule has 2 unspecified atom stereocenters. The number of thiazole rings is 1. The van der Waals surface area contributed by atoms with Crippen molar-refractivity contribution in [2.75, 3.05) is 26.9 Å². The van der Waals surface area contributed by atoms with Crippen LogP contribution in [0.3, 0.4) is 0 Å². The van der Waals surface area contributed by atoms with Crippen molar-refractivity contribution in [1.29, 1.82) is 0 Å². The molecule has 13 heteroatoms. The fraction of sp³-hybridized carbons (Fsp3) is 0.360. The number of aromatic amines is 1. The van der Waals surface area contributed by atoms with E-state index in [9.17, 15) is 14.0 Å². The lowest BCUT2D eigenvalue weighted by Crippen LogP contribution is -2.54. The standard InChI is InChI=1S/C25H24ClFN6O4S/c1-32-17-8-13-10-37-11-18(20(17)23(34)31-32)33(13)9-16-19(25(35)36-2)21(14-4-3-12(27)7-15(14)26)30-22(29-16)24-28-5-6-38-24/h3-7,13,18,21H,8-11H2,1-2H3,(H,29,30)(H,31,34)/t13?,18?,21-/m0/s1. The maximum atomic E-state index is 13.9. The molecule has 6 rings (SSSR count). The maximum Gasteiger partial charge on any atom is 0.338 e. The van der Waals surface area contributed by atoms with E-state index in [4.69, 9.17) is 26.1 Å². The molecule has 0 aliphatic carbocycles. The molecule has 10 nitrogen and oxygen atoms in total. The zero-order valence-electron chi connectivity index (χ0n) is 20.5. The summed E-state index contributed by atoms with van der Waals surface area (Å²) in [6, 6.07) is 2.82. The first-order valence-corrected chi connectivity index (χ1v) is 13.2. The molecule has 3 atom stereocenters. The average molecular weight is 559 g/mol. The molecule has 1 aromatic carbocycles. The van der Waals surface area contributed by atoms with E-state index in [2.05, 4.69) is 20.3 Å². The van der Waals surface area contributed by atoms with Crippen molar-refractivity contribution in [2.24, 2.45) is 12.0 Å². The highest BCUT2D eigenvalue weighted by Gasteiger charge is 2.43. The first-order chi connectivity index (χ1) is 18.4. The van der Waals surface area contributed by atoms with E-state index in [-0.39, 0.29) is 34.8 Å². The van der Waals surface area contributed by atoms with Gasteiger partial charge in [0.15, 0.2) is 10.8 Å². The van der Waals surface area contributed by atoms with Crippen LogP contribution in [0.15, 0.2) is 50.8 Å². The number of hydrogen-bond acceptors (Lipinski definition) is 9. The van der Waals surface area contributed by atoms with Crippen LogP contribution < -0.4 is 10.9 Å². The normalized spacial score (nSPS) is 23.1. The summed E-state index contributed by atoms with van der Waals surface area (Å²) in [6.45, 7) is 1.12. The summed E-state index contributed by atoms with van der Waals surface area (Å²) in [6.07, 6.45) is 2.28. The fourth-order valence-corrected chi connectivity index (χ4v) is 6.34. The number of esters is 1. The molecular weight excluding hydrogens is 535 g/mol.